The molecule has 1 aliphatic rings. The molecule has 7 heteroatoms. The zero-order valence-corrected chi connectivity index (χ0v) is 14.3. The van der Waals surface area contributed by atoms with Gasteiger partial charge in [-0.3, -0.25) is 9.89 Å². The Morgan fingerprint density at radius 3 is 2.80 bits per heavy atom. The molecule has 2 atom stereocenters. The van der Waals surface area contributed by atoms with Crippen LogP contribution in [0.25, 0.3) is 0 Å². The molecule has 1 heterocycles. The van der Waals surface area contributed by atoms with Gasteiger partial charge in [0.15, 0.2) is 5.96 Å². The lowest BCUT2D eigenvalue weighted by Gasteiger charge is -2.24. The Morgan fingerprint density at radius 2 is 2.20 bits per heavy atom. The van der Waals surface area contributed by atoms with Gasteiger partial charge in [-0.25, -0.2) is 4.39 Å². The van der Waals surface area contributed by atoms with E-state index >= 15 is 0 Å². The number of hydrogen-bond acceptors (Lipinski definition) is 2. The minimum atomic E-state index is -0.389. The SMILES string of the molecule is CN1CCC(CN=C(N)N)C1c1ccc(Cl)c(F)c1.I. The highest BCUT2D eigenvalue weighted by molar-refractivity contribution is 14.0. The fraction of sp³-hybridized carbons (Fsp3) is 0.462. The largest absolute Gasteiger partial charge is 0.370 e. The summed E-state index contributed by atoms with van der Waals surface area (Å²) in [4.78, 5) is 6.27. The molecule has 1 saturated heterocycles. The zero-order valence-electron chi connectivity index (χ0n) is 11.2. The standard InChI is InChI=1S/C13H18ClFN4.HI/c1-19-5-4-9(7-18-13(16)17)12(19)8-2-3-10(14)11(15)6-8;/h2-3,6,9,12H,4-5,7H2,1H3,(H4,16,17,18);1H. The second kappa shape index (κ2) is 7.42. The minimum absolute atomic E-state index is 0. The van der Waals surface area contributed by atoms with E-state index in [2.05, 4.69) is 9.89 Å². The van der Waals surface area contributed by atoms with Crippen molar-refractivity contribution in [1.29, 1.82) is 0 Å². The summed E-state index contributed by atoms with van der Waals surface area (Å²) in [6.07, 6.45) is 0.988. The predicted octanol–water partition coefficient (Wildman–Crippen LogP) is 2.36. The average Bonchev–Trinajstić information content (AvgIpc) is 2.71. The molecule has 1 fully saturated rings. The van der Waals surface area contributed by atoms with E-state index in [0.717, 1.165) is 18.5 Å². The lowest BCUT2D eigenvalue weighted by atomic mass is 9.94. The Bertz CT molecular complexity index is 493. The van der Waals surface area contributed by atoms with E-state index in [9.17, 15) is 4.39 Å². The second-order valence-corrected chi connectivity index (χ2v) is 5.32. The van der Waals surface area contributed by atoms with Gasteiger partial charge in [-0.05, 0) is 43.6 Å². The van der Waals surface area contributed by atoms with Crippen molar-refractivity contribution in [3.8, 4) is 0 Å². The molecular formula is C13H19ClFIN4. The first-order valence-electron chi connectivity index (χ1n) is 6.19. The molecule has 0 radical (unpaired) electrons. The summed E-state index contributed by atoms with van der Waals surface area (Å²) in [5.74, 6) is -0.0108. The Hall–Kier alpha value is -0.600. The number of rotatable bonds is 3. The van der Waals surface area contributed by atoms with Crippen molar-refractivity contribution in [2.45, 2.75) is 12.5 Å². The molecule has 0 aromatic heterocycles. The molecule has 2 rings (SSSR count). The van der Waals surface area contributed by atoms with Gasteiger partial charge in [0, 0.05) is 12.6 Å². The van der Waals surface area contributed by atoms with E-state index in [-0.39, 0.29) is 52.7 Å². The third-order valence-electron chi connectivity index (χ3n) is 3.57. The Labute approximate surface area is 140 Å². The normalized spacial score (nSPS) is 22.4. The fourth-order valence-electron chi connectivity index (χ4n) is 2.66. The third kappa shape index (κ3) is 3.95. The summed E-state index contributed by atoms with van der Waals surface area (Å²) >= 11 is 5.72. The van der Waals surface area contributed by atoms with Crippen molar-refractivity contribution in [3.63, 3.8) is 0 Å². The lowest BCUT2D eigenvalue weighted by molar-refractivity contribution is 0.279. The summed E-state index contributed by atoms with van der Waals surface area (Å²) in [6.45, 7) is 1.50. The van der Waals surface area contributed by atoms with E-state index in [1.807, 2.05) is 13.1 Å². The topological polar surface area (TPSA) is 67.6 Å². The summed E-state index contributed by atoms with van der Waals surface area (Å²) < 4.78 is 13.6. The highest BCUT2D eigenvalue weighted by Crippen LogP contribution is 2.37. The maximum absolute atomic E-state index is 13.6. The van der Waals surface area contributed by atoms with Crippen LogP contribution in [0.4, 0.5) is 4.39 Å². The van der Waals surface area contributed by atoms with Crippen molar-refractivity contribution >= 4 is 41.5 Å². The van der Waals surface area contributed by atoms with Crippen molar-refractivity contribution in [2.75, 3.05) is 20.1 Å². The van der Waals surface area contributed by atoms with Crippen LogP contribution in [-0.4, -0.2) is 31.0 Å². The van der Waals surface area contributed by atoms with Gasteiger partial charge in [-0.15, -0.1) is 24.0 Å². The number of hydrogen-bond donors (Lipinski definition) is 2. The second-order valence-electron chi connectivity index (χ2n) is 4.91. The first-order valence-corrected chi connectivity index (χ1v) is 6.57. The van der Waals surface area contributed by atoms with Gasteiger partial charge in [0.05, 0.1) is 5.02 Å². The molecule has 0 amide bonds. The van der Waals surface area contributed by atoms with E-state index in [1.165, 1.54) is 6.07 Å². The molecule has 0 bridgehead atoms. The van der Waals surface area contributed by atoms with Gasteiger partial charge in [0.2, 0.25) is 0 Å². The molecule has 1 aliphatic heterocycles. The van der Waals surface area contributed by atoms with Gasteiger partial charge in [0.25, 0.3) is 0 Å². The Balaban J connectivity index is 0.00000200. The van der Waals surface area contributed by atoms with E-state index in [1.54, 1.807) is 6.07 Å². The molecule has 0 aliphatic carbocycles. The maximum Gasteiger partial charge on any atom is 0.185 e. The van der Waals surface area contributed by atoms with Crippen LogP contribution in [0.2, 0.25) is 5.02 Å². The van der Waals surface area contributed by atoms with Crippen molar-refractivity contribution < 1.29 is 4.39 Å². The fourth-order valence-corrected chi connectivity index (χ4v) is 2.78. The lowest BCUT2D eigenvalue weighted by Crippen LogP contribution is -2.26. The molecule has 4 N–H and O–H groups in total. The smallest absolute Gasteiger partial charge is 0.185 e. The number of benzene rings is 1. The molecule has 0 spiro atoms. The van der Waals surface area contributed by atoms with E-state index in [0.29, 0.717) is 6.54 Å². The molecule has 1 aromatic carbocycles. The van der Waals surface area contributed by atoms with Crippen molar-refractivity contribution in [1.82, 2.24) is 4.90 Å². The maximum atomic E-state index is 13.6. The zero-order chi connectivity index (χ0) is 14.0. The Morgan fingerprint density at radius 1 is 1.50 bits per heavy atom. The summed E-state index contributed by atoms with van der Waals surface area (Å²) in [5.41, 5.74) is 11.7. The highest BCUT2D eigenvalue weighted by atomic mass is 127. The van der Waals surface area contributed by atoms with Crippen LogP contribution in [0.1, 0.15) is 18.0 Å². The summed E-state index contributed by atoms with van der Waals surface area (Å²) in [5, 5.41) is 0.144. The Kier molecular flexibility index (Phi) is 6.47. The minimum Gasteiger partial charge on any atom is -0.370 e. The highest BCUT2D eigenvalue weighted by Gasteiger charge is 2.33. The third-order valence-corrected chi connectivity index (χ3v) is 3.87. The number of aliphatic imine (C=N–C) groups is 1. The van der Waals surface area contributed by atoms with Gasteiger partial charge in [-0.1, -0.05) is 17.7 Å². The van der Waals surface area contributed by atoms with Crippen LogP contribution < -0.4 is 11.5 Å². The first-order chi connectivity index (χ1) is 8.99. The number of likely N-dealkylation sites (tertiary alicyclic amines) is 1. The molecule has 4 nitrogen and oxygen atoms in total. The monoisotopic (exact) mass is 412 g/mol. The van der Waals surface area contributed by atoms with Crippen LogP contribution in [0.3, 0.4) is 0 Å². The van der Waals surface area contributed by atoms with Gasteiger partial charge >= 0.3 is 0 Å². The molecule has 20 heavy (non-hydrogen) atoms. The van der Waals surface area contributed by atoms with Crippen molar-refractivity contribution in [3.05, 3.63) is 34.6 Å². The molecule has 1 aromatic rings. The first kappa shape index (κ1) is 17.5. The van der Waals surface area contributed by atoms with Crippen LogP contribution in [0.5, 0.6) is 0 Å². The molecule has 112 valence electrons. The van der Waals surface area contributed by atoms with Crippen LogP contribution in [0, 0.1) is 11.7 Å². The predicted molar refractivity (Wildman–Crippen MR) is 91.0 cm³/mol. The van der Waals surface area contributed by atoms with Gasteiger partial charge < -0.3 is 11.5 Å². The number of guanidine groups is 1. The van der Waals surface area contributed by atoms with E-state index < -0.39 is 0 Å². The molecule has 2 unspecified atom stereocenters. The average molecular weight is 413 g/mol. The van der Waals surface area contributed by atoms with Gasteiger partial charge in [0.1, 0.15) is 5.82 Å². The number of nitrogens with two attached hydrogens (primary N) is 2. The number of halogens is 3. The molecule has 0 saturated carbocycles. The molecular weight excluding hydrogens is 394 g/mol. The van der Waals surface area contributed by atoms with Crippen LogP contribution in [0.15, 0.2) is 23.2 Å². The van der Waals surface area contributed by atoms with Crippen LogP contribution in [-0.2, 0) is 0 Å². The number of nitrogens with zero attached hydrogens (tertiary/aromatic N) is 2. The van der Waals surface area contributed by atoms with Crippen LogP contribution >= 0.6 is 35.6 Å². The summed E-state index contributed by atoms with van der Waals surface area (Å²) in [6, 6.07) is 5.07. The van der Waals surface area contributed by atoms with Crippen molar-refractivity contribution in [2.24, 2.45) is 22.4 Å². The van der Waals surface area contributed by atoms with E-state index in [4.69, 9.17) is 23.1 Å². The summed E-state index contributed by atoms with van der Waals surface area (Å²) in [7, 11) is 2.02. The quantitative estimate of drug-likeness (QED) is 0.455. The van der Waals surface area contributed by atoms with Gasteiger partial charge in [-0.2, -0.15) is 0 Å².